The molecule has 0 unspecified atom stereocenters. The molecule has 2 N–H and O–H groups in total. The topological polar surface area (TPSA) is 26.0 Å². The van der Waals surface area contributed by atoms with Crippen molar-refractivity contribution in [2.75, 3.05) is 0 Å². The van der Waals surface area contributed by atoms with E-state index in [1.807, 2.05) is 0 Å². The van der Waals surface area contributed by atoms with Crippen LogP contribution in [-0.4, -0.2) is 6.18 Å². The lowest BCUT2D eigenvalue weighted by atomic mass is 10.0. The lowest BCUT2D eigenvalue weighted by Gasteiger charge is -2.17. The Balaban J connectivity index is 3.55. The van der Waals surface area contributed by atoms with E-state index in [4.69, 9.17) is 0 Å². The summed E-state index contributed by atoms with van der Waals surface area (Å²) in [6.45, 7) is 0. The number of alkyl halides is 3. The van der Waals surface area contributed by atoms with E-state index < -0.39 is 46.9 Å². The van der Waals surface area contributed by atoms with Crippen LogP contribution in [0.25, 0.3) is 0 Å². The predicted octanol–water partition coefficient (Wildman–Crippen LogP) is 2.94. The van der Waals surface area contributed by atoms with Gasteiger partial charge in [0, 0.05) is 0 Å². The van der Waals surface area contributed by atoms with Crippen LogP contribution in [0.2, 0.25) is 0 Å². The Morgan fingerprint density at radius 2 is 1.00 bits per heavy atom. The average molecular weight is 265 g/mol. The fourth-order valence-corrected chi connectivity index (χ4v) is 1.06. The van der Waals surface area contributed by atoms with Crippen LogP contribution in [0.1, 0.15) is 11.6 Å². The number of benzene rings is 1. The van der Waals surface area contributed by atoms with Gasteiger partial charge in [-0.3, -0.25) is 0 Å². The zero-order valence-electron chi connectivity index (χ0n) is 7.68. The standard InChI is InChI=1S/C8H3F8N/c9-2-1(7(17)8(14,15)16)3(10)5(12)6(13)4(2)11/h7H,17H2/t7-/m0/s1. The molecule has 0 aliphatic heterocycles. The van der Waals surface area contributed by atoms with Crippen LogP contribution in [-0.2, 0) is 0 Å². The molecule has 0 aliphatic carbocycles. The Kier molecular flexibility index (Phi) is 3.33. The van der Waals surface area contributed by atoms with Gasteiger partial charge in [0.2, 0.25) is 5.82 Å². The van der Waals surface area contributed by atoms with Crippen molar-refractivity contribution in [3.05, 3.63) is 34.6 Å². The van der Waals surface area contributed by atoms with E-state index >= 15 is 0 Å². The van der Waals surface area contributed by atoms with Gasteiger partial charge < -0.3 is 5.73 Å². The second kappa shape index (κ2) is 4.13. The SMILES string of the molecule is N[C@@H](c1c(F)c(F)c(F)c(F)c1F)C(F)(F)F. The first-order valence-electron chi connectivity index (χ1n) is 3.92. The van der Waals surface area contributed by atoms with Crippen molar-refractivity contribution in [3.8, 4) is 0 Å². The minimum absolute atomic E-state index is 2.10. The third-order valence-corrected chi connectivity index (χ3v) is 1.91. The second-order valence-electron chi connectivity index (χ2n) is 3.00. The molecule has 0 saturated heterocycles. The Labute approximate surface area is 88.8 Å². The van der Waals surface area contributed by atoms with E-state index in [2.05, 4.69) is 5.73 Å². The summed E-state index contributed by atoms with van der Waals surface area (Å²) in [5, 5.41) is 0. The average Bonchev–Trinajstić information content (AvgIpc) is 2.22. The molecule has 1 aromatic carbocycles. The molecule has 1 atom stereocenters. The normalized spacial score (nSPS) is 13.9. The maximum absolute atomic E-state index is 12.9. The Hall–Kier alpha value is -1.38. The molecule has 17 heavy (non-hydrogen) atoms. The van der Waals surface area contributed by atoms with Gasteiger partial charge in [0.15, 0.2) is 23.3 Å². The molecule has 1 rings (SSSR count). The number of hydrogen-bond acceptors (Lipinski definition) is 1. The molecule has 0 amide bonds. The van der Waals surface area contributed by atoms with E-state index in [1.165, 1.54) is 0 Å². The van der Waals surface area contributed by atoms with Crippen molar-refractivity contribution in [3.63, 3.8) is 0 Å². The monoisotopic (exact) mass is 265 g/mol. The van der Waals surface area contributed by atoms with E-state index in [0.717, 1.165) is 0 Å². The zero-order valence-corrected chi connectivity index (χ0v) is 7.68. The quantitative estimate of drug-likeness (QED) is 0.471. The van der Waals surface area contributed by atoms with Crippen LogP contribution in [0.3, 0.4) is 0 Å². The van der Waals surface area contributed by atoms with E-state index in [9.17, 15) is 35.1 Å². The maximum Gasteiger partial charge on any atom is 0.407 e. The highest BCUT2D eigenvalue weighted by Gasteiger charge is 2.43. The highest BCUT2D eigenvalue weighted by atomic mass is 19.4. The van der Waals surface area contributed by atoms with Crippen molar-refractivity contribution in [1.29, 1.82) is 0 Å². The first-order chi connectivity index (χ1) is 7.59. The minimum atomic E-state index is -5.33. The summed E-state index contributed by atoms with van der Waals surface area (Å²) in [5.41, 5.74) is 2.30. The smallest absolute Gasteiger partial charge is 0.316 e. The number of rotatable bonds is 1. The predicted molar refractivity (Wildman–Crippen MR) is 39.2 cm³/mol. The largest absolute Gasteiger partial charge is 0.407 e. The molecule has 0 spiro atoms. The number of hydrogen-bond donors (Lipinski definition) is 1. The van der Waals surface area contributed by atoms with Gasteiger partial charge in [-0.05, 0) is 0 Å². The van der Waals surface area contributed by atoms with Gasteiger partial charge in [-0.25, -0.2) is 22.0 Å². The molecule has 0 saturated carbocycles. The molecule has 0 heterocycles. The second-order valence-corrected chi connectivity index (χ2v) is 3.00. The molecular formula is C8H3F8N. The first kappa shape index (κ1) is 13.7. The lowest BCUT2D eigenvalue weighted by molar-refractivity contribution is -0.150. The van der Waals surface area contributed by atoms with Crippen LogP contribution in [0, 0.1) is 29.1 Å². The minimum Gasteiger partial charge on any atom is -0.316 e. The van der Waals surface area contributed by atoms with Crippen LogP contribution in [0.15, 0.2) is 0 Å². The van der Waals surface area contributed by atoms with Gasteiger partial charge >= 0.3 is 6.18 Å². The Morgan fingerprint density at radius 1 is 0.706 bits per heavy atom. The number of nitrogens with two attached hydrogens (primary N) is 1. The summed E-state index contributed by atoms with van der Waals surface area (Å²) in [6.07, 6.45) is -5.33. The molecule has 1 nitrogen and oxygen atoms in total. The summed E-state index contributed by atoms with van der Waals surface area (Å²) in [5.74, 6) is -12.7. The van der Waals surface area contributed by atoms with Crippen molar-refractivity contribution in [2.24, 2.45) is 5.73 Å². The summed E-state index contributed by atoms with van der Waals surface area (Å²) < 4.78 is 99.6. The van der Waals surface area contributed by atoms with Crippen LogP contribution >= 0.6 is 0 Å². The molecule has 96 valence electrons. The molecule has 9 heteroatoms. The van der Waals surface area contributed by atoms with Crippen LogP contribution in [0.4, 0.5) is 35.1 Å². The lowest BCUT2D eigenvalue weighted by Crippen LogP contribution is -2.31. The zero-order chi connectivity index (χ0) is 13.5. The van der Waals surface area contributed by atoms with E-state index in [1.54, 1.807) is 0 Å². The van der Waals surface area contributed by atoms with Gasteiger partial charge in [-0.1, -0.05) is 0 Å². The molecule has 0 bridgehead atoms. The molecule has 0 radical (unpaired) electrons. The van der Waals surface area contributed by atoms with Crippen molar-refractivity contribution in [1.82, 2.24) is 0 Å². The summed E-state index contributed by atoms with van der Waals surface area (Å²) in [4.78, 5) is 0. The molecule has 0 aliphatic rings. The summed E-state index contributed by atoms with van der Waals surface area (Å²) >= 11 is 0. The maximum atomic E-state index is 12.9. The van der Waals surface area contributed by atoms with Crippen LogP contribution < -0.4 is 5.73 Å². The third kappa shape index (κ3) is 2.19. The van der Waals surface area contributed by atoms with Gasteiger partial charge in [0.1, 0.15) is 6.04 Å². The van der Waals surface area contributed by atoms with E-state index in [0.29, 0.717) is 0 Å². The van der Waals surface area contributed by atoms with Crippen molar-refractivity contribution >= 4 is 0 Å². The Bertz CT molecular complexity index is 423. The van der Waals surface area contributed by atoms with Crippen LogP contribution in [0.5, 0.6) is 0 Å². The molecule has 1 aromatic rings. The van der Waals surface area contributed by atoms with Crippen molar-refractivity contribution in [2.45, 2.75) is 12.2 Å². The van der Waals surface area contributed by atoms with Gasteiger partial charge in [-0.15, -0.1) is 0 Å². The highest BCUT2D eigenvalue weighted by molar-refractivity contribution is 5.27. The van der Waals surface area contributed by atoms with Gasteiger partial charge in [-0.2, -0.15) is 13.2 Å². The number of halogens is 8. The van der Waals surface area contributed by atoms with Crippen molar-refractivity contribution < 1.29 is 35.1 Å². The van der Waals surface area contributed by atoms with Gasteiger partial charge in [0.25, 0.3) is 0 Å². The fourth-order valence-electron chi connectivity index (χ4n) is 1.06. The Morgan fingerprint density at radius 3 is 1.29 bits per heavy atom. The summed E-state index contributed by atoms with van der Waals surface area (Å²) in [7, 11) is 0. The summed E-state index contributed by atoms with van der Waals surface area (Å²) in [6, 6.07) is -3.30. The fraction of sp³-hybridized carbons (Fsp3) is 0.250. The van der Waals surface area contributed by atoms with E-state index in [-0.39, 0.29) is 0 Å². The molecule has 0 aromatic heterocycles. The third-order valence-electron chi connectivity index (χ3n) is 1.91. The van der Waals surface area contributed by atoms with Gasteiger partial charge in [0.05, 0.1) is 5.56 Å². The first-order valence-corrected chi connectivity index (χ1v) is 3.92. The molecular weight excluding hydrogens is 262 g/mol. The highest BCUT2D eigenvalue weighted by Crippen LogP contribution is 2.35. The molecule has 0 fully saturated rings.